The van der Waals surface area contributed by atoms with Crippen LogP contribution in [0.2, 0.25) is 19.1 Å². The van der Waals surface area contributed by atoms with Crippen LogP contribution in [0.25, 0.3) is 0 Å². The minimum absolute atomic E-state index is 0.721. The van der Waals surface area contributed by atoms with Gasteiger partial charge in [-0.2, -0.15) is 0 Å². The SMILES string of the molecule is C=C(C)COCCCCC[Si](C)(C)Br. The fraction of sp³-hybridized carbons (Fsp3) is 0.818. The first-order valence-electron chi connectivity index (χ1n) is 5.33. The Morgan fingerprint density at radius 1 is 1.29 bits per heavy atom. The van der Waals surface area contributed by atoms with Crippen LogP contribution >= 0.6 is 15.3 Å². The maximum atomic E-state index is 5.43. The van der Waals surface area contributed by atoms with Gasteiger partial charge in [0.2, 0.25) is 0 Å². The molecule has 0 aliphatic heterocycles. The molecule has 0 radical (unpaired) electrons. The third kappa shape index (κ3) is 12.4. The molecule has 0 aromatic rings. The van der Waals surface area contributed by atoms with Gasteiger partial charge in [-0.25, -0.2) is 0 Å². The molecule has 3 heteroatoms. The van der Waals surface area contributed by atoms with Crippen molar-refractivity contribution in [2.45, 2.75) is 45.3 Å². The van der Waals surface area contributed by atoms with E-state index in [0.717, 1.165) is 18.8 Å². The van der Waals surface area contributed by atoms with Crippen molar-refractivity contribution in [1.82, 2.24) is 0 Å². The van der Waals surface area contributed by atoms with Crippen molar-refractivity contribution in [2.24, 2.45) is 0 Å². The smallest absolute Gasteiger partial charge is 0.124 e. The molecule has 0 heterocycles. The molecule has 0 saturated heterocycles. The predicted octanol–water partition coefficient (Wildman–Crippen LogP) is 4.35. The topological polar surface area (TPSA) is 9.23 Å². The molecule has 0 aliphatic rings. The molecule has 0 saturated carbocycles. The summed E-state index contributed by atoms with van der Waals surface area (Å²) in [7, 11) is 0. The Balaban J connectivity index is 3.11. The number of rotatable bonds is 8. The number of halogens is 1. The summed E-state index contributed by atoms with van der Waals surface area (Å²) in [5.41, 5.74) is 1.11. The van der Waals surface area contributed by atoms with Gasteiger partial charge in [-0.05, 0) is 19.4 Å². The van der Waals surface area contributed by atoms with E-state index in [-0.39, 0.29) is 0 Å². The Kier molecular flexibility index (Phi) is 7.87. The molecule has 84 valence electrons. The third-order valence-electron chi connectivity index (χ3n) is 1.91. The minimum atomic E-state index is -0.986. The molecule has 0 aromatic carbocycles. The Labute approximate surface area is 97.5 Å². The van der Waals surface area contributed by atoms with E-state index in [1.165, 1.54) is 25.3 Å². The molecular formula is C11H23BrOSi. The lowest BCUT2D eigenvalue weighted by Crippen LogP contribution is -2.14. The molecule has 0 unspecified atom stereocenters. The maximum absolute atomic E-state index is 5.43. The second kappa shape index (κ2) is 7.66. The summed E-state index contributed by atoms with van der Waals surface area (Å²) < 4.78 is 5.43. The van der Waals surface area contributed by atoms with Gasteiger partial charge in [-0.3, -0.25) is 0 Å². The normalized spacial score (nSPS) is 11.7. The maximum Gasteiger partial charge on any atom is 0.124 e. The monoisotopic (exact) mass is 278 g/mol. The Morgan fingerprint density at radius 3 is 2.43 bits per heavy atom. The van der Waals surface area contributed by atoms with E-state index in [1.807, 2.05) is 6.92 Å². The van der Waals surface area contributed by atoms with Crippen LogP contribution in [-0.4, -0.2) is 19.9 Å². The van der Waals surface area contributed by atoms with Gasteiger partial charge in [-0.1, -0.05) is 38.1 Å². The van der Waals surface area contributed by atoms with Crippen molar-refractivity contribution < 1.29 is 4.74 Å². The van der Waals surface area contributed by atoms with Crippen LogP contribution in [0.3, 0.4) is 0 Å². The lowest BCUT2D eigenvalue weighted by molar-refractivity contribution is 0.152. The summed E-state index contributed by atoms with van der Waals surface area (Å²) in [5.74, 6) is 0. The Bertz CT molecular complexity index is 163. The zero-order chi connectivity index (χ0) is 11.0. The molecule has 14 heavy (non-hydrogen) atoms. The molecule has 0 N–H and O–H groups in total. The van der Waals surface area contributed by atoms with E-state index in [4.69, 9.17) is 4.74 Å². The van der Waals surface area contributed by atoms with Crippen LogP contribution in [-0.2, 0) is 4.74 Å². The summed E-state index contributed by atoms with van der Waals surface area (Å²) in [6, 6.07) is 1.37. The van der Waals surface area contributed by atoms with Crippen LogP contribution < -0.4 is 0 Å². The first-order valence-corrected chi connectivity index (χ1v) is 10.8. The van der Waals surface area contributed by atoms with Crippen LogP contribution in [0.4, 0.5) is 0 Å². The van der Waals surface area contributed by atoms with E-state index in [9.17, 15) is 0 Å². The number of unbranched alkanes of at least 4 members (excludes halogenated alkanes) is 2. The molecule has 0 amide bonds. The highest BCUT2D eigenvalue weighted by molar-refractivity contribution is 9.26. The summed E-state index contributed by atoms with van der Waals surface area (Å²) >= 11 is 3.78. The van der Waals surface area contributed by atoms with E-state index < -0.39 is 6.69 Å². The quantitative estimate of drug-likeness (QED) is 0.278. The highest BCUT2D eigenvalue weighted by Crippen LogP contribution is 2.20. The zero-order valence-corrected chi connectivity index (χ0v) is 12.3. The predicted molar refractivity (Wildman–Crippen MR) is 70.7 cm³/mol. The molecular weight excluding hydrogens is 256 g/mol. The standard InChI is InChI=1S/C11H23BrOSi/c1-11(2)10-13-8-6-5-7-9-14(3,4)12/h1,5-10H2,2-4H3. The van der Waals surface area contributed by atoms with Crippen molar-refractivity contribution in [3.8, 4) is 0 Å². The lowest BCUT2D eigenvalue weighted by Gasteiger charge is -2.12. The molecule has 0 aliphatic carbocycles. The lowest BCUT2D eigenvalue weighted by atomic mass is 10.3. The summed E-state index contributed by atoms with van der Waals surface area (Å²) in [5, 5.41) is 0. The van der Waals surface area contributed by atoms with Gasteiger partial charge in [0, 0.05) is 6.61 Å². The largest absolute Gasteiger partial charge is 0.377 e. The first-order chi connectivity index (χ1) is 6.42. The van der Waals surface area contributed by atoms with E-state index >= 15 is 0 Å². The summed E-state index contributed by atoms with van der Waals surface area (Å²) in [4.78, 5) is 0. The molecule has 0 atom stereocenters. The van der Waals surface area contributed by atoms with Crippen LogP contribution in [0, 0.1) is 0 Å². The number of hydrogen-bond acceptors (Lipinski definition) is 1. The van der Waals surface area contributed by atoms with Gasteiger partial charge in [0.1, 0.15) is 6.69 Å². The van der Waals surface area contributed by atoms with Crippen LogP contribution in [0.5, 0.6) is 0 Å². The van der Waals surface area contributed by atoms with E-state index in [0.29, 0.717) is 0 Å². The molecule has 0 aromatic heterocycles. The fourth-order valence-electron chi connectivity index (χ4n) is 1.17. The average molecular weight is 279 g/mol. The van der Waals surface area contributed by atoms with E-state index in [1.54, 1.807) is 0 Å². The first kappa shape index (κ1) is 14.4. The molecule has 0 bridgehead atoms. The number of hydrogen-bond donors (Lipinski definition) is 0. The van der Waals surface area contributed by atoms with Gasteiger partial charge in [0.05, 0.1) is 6.61 Å². The summed E-state index contributed by atoms with van der Waals surface area (Å²) in [6.07, 6.45) is 3.81. The fourth-order valence-corrected chi connectivity index (χ4v) is 3.10. The highest BCUT2D eigenvalue weighted by Gasteiger charge is 2.14. The highest BCUT2D eigenvalue weighted by atomic mass is 79.9. The van der Waals surface area contributed by atoms with Crippen LogP contribution in [0.1, 0.15) is 26.2 Å². The van der Waals surface area contributed by atoms with Gasteiger partial charge in [0.25, 0.3) is 0 Å². The minimum Gasteiger partial charge on any atom is -0.377 e. The van der Waals surface area contributed by atoms with Gasteiger partial charge in [-0.15, -0.1) is 15.3 Å². The Morgan fingerprint density at radius 2 is 1.93 bits per heavy atom. The van der Waals surface area contributed by atoms with Crippen molar-refractivity contribution in [3.63, 3.8) is 0 Å². The van der Waals surface area contributed by atoms with Crippen LogP contribution in [0.15, 0.2) is 12.2 Å². The van der Waals surface area contributed by atoms with Crippen molar-refractivity contribution in [2.75, 3.05) is 13.2 Å². The second-order valence-corrected chi connectivity index (χ2v) is 14.9. The van der Waals surface area contributed by atoms with Crippen molar-refractivity contribution in [1.29, 1.82) is 0 Å². The number of ether oxygens (including phenoxy) is 1. The Hall–Kier alpha value is 0.397. The van der Waals surface area contributed by atoms with Gasteiger partial charge >= 0.3 is 0 Å². The zero-order valence-electron chi connectivity index (χ0n) is 9.74. The average Bonchev–Trinajstić information content (AvgIpc) is 2.00. The molecule has 1 nitrogen and oxygen atoms in total. The second-order valence-electron chi connectivity index (χ2n) is 4.54. The van der Waals surface area contributed by atoms with Crippen molar-refractivity contribution in [3.05, 3.63) is 12.2 Å². The molecule has 0 rings (SSSR count). The van der Waals surface area contributed by atoms with Crippen molar-refractivity contribution >= 4 is 22.0 Å². The molecule has 0 fully saturated rings. The third-order valence-corrected chi connectivity index (χ3v) is 4.64. The van der Waals surface area contributed by atoms with Gasteiger partial charge < -0.3 is 4.74 Å². The van der Waals surface area contributed by atoms with Gasteiger partial charge in [0.15, 0.2) is 0 Å². The molecule has 0 spiro atoms. The summed E-state index contributed by atoms with van der Waals surface area (Å²) in [6.45, 7) is 11.1. The van der Waals surface area contributed by atoms with E-state index in [2.05, 4.69) is 35.0 Å².